The van der Waals surface area contributed by atoms with Crippen LogP contribution in [0.2, 0.25) is 0 Å². The molecule has 1 aromatic rings. The fourth-order valence-electron chi connectivity index (χ4n) is 3.24. The van der Waals surface area contributed by atoms with Crippen LogP contribution in [0.25, 0.3) is 0 Å². The maximum absolute atomic E-state index is 5.96. The van der Waals surface area contributed by atoms with Crippen LogP contribution in [0, 0.1) is 5.41 Å². The minimum atomic E-state index is -0.300. The number of hydrogen-bond donors (Lipinski definition) is 1. The van der Waals surface area contributed by atoms with E-state index < -0.39 is 0 Å². The van der Waals surface area contributed by atoms with E-state index in [2.05, 4.69) is 25.2 Å². The highest BCUT2D eigenvalue weighted by Crippen LogP contribution is 2.47. The summed E-state index contributed by atoms with van der Waals surface area (Å²) in [6.45, 7) is 4.68. The average Bonchev–Trinajstić information content (AvgIpc) is 3.32. The second-order valence-corrected chi connectivity index (χ2v) is 7.39. The van der Waals surface area contributed by atoms with Crippen molar-refractivity contribution >= 4 is 5.82 Å². The molecule has 2 aliphatic carbocycles. The van der Waals surface area contributed by atoms with Gasteiger partial charge in [-0.15, -0.1) is 0 Å². The SMILES string of the molecule is CNc1cc(C2CC2)nc(C2(OC)CCC(C)(C)CC2)n1. The first-order valence-corrected chi connectivity index (χ1v) is 8.10. The van der Waals surface area contributed by atoms with Gasteiger partial charge in [0, 0.05) is 31.8 Å². The molecule has 0 aliphatic heterocycles. The lowest BCUT2D eigenvalue weighted by Crippen LogP contribution is -2.38. The number of aromatic nitrogens is 2. The summed E-state index contributed by atoms with van der Waals surface area (Å²) >= 11 is 0. The molecule has 4 nitrogen and oxygen atoms in total. The molecule has 0 saturated heterocycles. The van der Waals surface area contributed by atoms with Gasteiger partial charge in [0.15, 0.2) is 5.82 Å². The fraction of sp³-hybridized carbons (Fsp3) is 0.765. The Hall–Kier alpha value is -1.16. The number of nitrogens with one attached hydrogen (secondary N) is 1. The number of methoxy groups -OCH3 is 1. The first-order valence-electron chi connectivity index (χ1n) is 8.10. The van der Waals surface area contributed by atoms with Crippen molar-refractivity contribution in [1.82, 2.24) is 9.97 Å². The number of hydrogen-bond acceptors (Lipinski definition) is 4. The summed E-state index contributed by atoms with van der Waals surface area (Å²) < 4.78 is 5.96. The average molecular weight is 289 g/mol. The summed E-state index contributed by atoms with van der Waals surface area (Å²) in [7, 11) is 3.73. The molecule has 2 aliphatic rings. The van der Waals surface area contributed by atoms with Crippen LogP contribution in [0.4, 0.5) is 5.82 Å². The lowest BCUT2D eigenvalue weighted by molar-refractivity contribution is -0.0729. The standard InChI is InChI=1S/C17H27N3O/c1-16(2)7-9-17(21-4,10-8-16)15-19-13(12-5-6-12)11-14(18-3)20-15/h11-12H,5-10H2,1-4H3,(H,18,19,20). The molecule has 1 N–H and O–H groups in total. The second-order valence-electron chi connectivity index (χ2n) is 7.39. The largest absolute Gasteiger partial charge is 0.373 e. The quantitative estimate of drug-likeness (QED) is 0.915. The molecule has 0 amide bonds. The van der Waals surface area contributed by atoms with Crippen molar-refractivity contribution < 1.29 is 4.74 Å². The van der Waals surface area contributed by atoms with Gasteiger partial charge in [-0.3, -0.25) is 0 Å². The Balaban J connectivity index is 1.95. The molecular weight excluding hydrogens is 262 g/mol. The maximum atomic E-state index is 5.96. The third-order valence-electron chi connectivity index (χ3n) is 5.21. The van der Waals surface area contributed by atoms with Crippen LogP contribution in [0.1, 0.15) is 69.8 Å². The summed E-state index contributed by atoms with van der Waals surface area (Å²) in [5.74, 6) is 2.44. The highest BCUT2D eigenvalue weighted by atomic mass is 16.5. The lowest BCUT2D eigenvalue weighted by atomic mass is 9.70. The molecule has 116 valence electrons. The highest BCUT2D eigenvalue weighted by Gasteiger charge is 2.42. The molecule has 3 rings (SSSR count). The predicted octanol–water partition coefficient (Wildman–Crippen LogP) is 3.84. The lowest BCUT2D eigenvalue weighted by Gasteiger charge is -2.41. The summed E-state index contributed by atoms with van der Waals surface area (Å²) in [5, 5.41) is 3.18. The van der Waals surface area contributed by atoms with Gasteiger partial charge in [0.05, 0.1) is 0 Å². The third-order valence-corrected chi connectivity index (χ3v) is 5.21. The van der Waals surface area contributed by atoms with Gasteiger partial charge in [-0.1, -0.05) is 13.8 Å². The van der Waals surface area contributed by atoms with E-state index in [1.807, 2.05) is 14.2 Å². The number of ether oxygens (including phenoxy) is 1. The molecule has 0 spiro atoms. The first kappa shape index (κ1) is 14.8. The van der Waals surface area contributed by atoms with Crippen molar-refractivity contribution in [1.29, 1.82) is 0 Å². The molecule has 2 fully saturated rings. The van der Waals surface area contributed by atoms with Crippen molar-refractivity contribution in [3.05, 3.63) is 17.6 Å². The second kappa shape index (κ2) is 5.24. The zero-order chi connectivity index (χ0) is 15.1. The smallest absolute Gasteiger partial charge is 0.162 e. The van der Waals surface area contributed by atoms with Crippen LogP contribution in [-0.4, -0.2) is 24.1 Å². The summed E-state index contributed by atoms with van der Waals surface area (Å²) in [6, 6.07) is 2.09. The zero-order valence-corrected chi connectivity index (χ0v) is 13.7. The van der Waals surface area contributed by atoms with E-state index in [0.717, 1.165) is 37.3 Å². The molecule has 0 unspecified atom stereocenters. The Morgan fingerprint density at radius 1 is 1.14 bits per heavy atom. The van der Waals surface area contributed by atoms with Gasteiger partial charge in [0.25, 0.3) is 0 Å². The molecule has 1 heterocycles. The van der Waals surface area contributed by atoms with E-state index in [0.29, 0.717) is 11.3 Å². The van der Waals surface area contributed by atoms with Crippen molar-refractivity contribution in [3.8, 4) is 0 Å². The maximum Gasteiger partial charge on any atom is 0.162 e. The molecule has 0 bridgehead atoms. The highest BCUT2D eigenvalue weighted by molar-refractivity contribution is 5.38. The van der Waals surface area contributed by atoms with Crippen molar-refractivity contribution in [3.63, 3.8) is 0 Å². The van der Waals surface area contributed by atoms with Gasteiger partial charge in [0.1, 0.15) is 11.4 Å². The van der Waals surface area contributed by atoms with E-state index in [9.17, 15) is 0 Å². The van der Waals surface area contributed by atoms with Crippen LogP contribution in [-0.2, 0) is 10.3 Å². The molecule has 1 aromatic heterocycles. The molecular formula is C17H27N3O. The van der Waals surface area contributed by atoms with E-state index in [1.54, 1.807) is 0 Å². The third kappa shape index (κ3) is 2.91. The molecule has 0 radical (unpaired) electrons. The fourth-order valence-corrected chi connectivity index (χ4v) is 3.24. The molecule has 0 atom stereocenters. The van der Waals surface area contributed by atoms with Crippen molar-refractivity contribution in [2.24, 2.45) is 5.41 Å². The Bertz CT molecular complexity index is 513. The van der Waals surface area contributed by atoms with Crippen LogP contribution in [0.5, 0.6) is 0 Å². The van der Waals surface area contributed by atoms with Gasteiger partial charge < -0.3 is 10.1 Å². The normalized spacial score (nSPS) is 23.8. The molecule has 21 heavy (non-hydrogen) atoms. The minimum absolute atomic E-state index is 0.300. The summed E-state index contributed by atoms with van der Waals surface area (Å²) in [4.78, 5) is 9.61. The van der Waals surface area contributed by atoms with Crippen LogP contribution in [0.3, 0.4) is 0 Å². The first-order chi connectivity index (χ1) is 9.98. The number of anilines is 1. The number of nitrogens with zero attached hydrogens (tertiary/aromatic N) is 2. The van der Waals surface area contributed by atoms with E-state index in [4.69, 9.17) is 14.7 Å². The number of rotatable bonds is 4. The Labute approximate surface area is 127 Å². The molecule has 0 aromatic carbocycles. The Morgan fingerprint density at radius 3 is 2.33 bits per heavy atom. The van der Waals surface area contributed by atoms with Crippen LogP contribution >= 0.6 is 0 Å². The molecule has 2 saturated carbocycles. The van der Waals surface area contributed by atoms with Crippen molar-refractivity contribution in [2.45, 2.75) is 63.9 Å². The monoisotopic (exact) mass is 289 g/mol. The summed E-state index contributed by atoms with van der Waals surface area (Å²) in [5.41, 5.74) is 1.29. The Morgan fingerprint density at radius 2 is 1.81 bits per heavy atom. The topological polar surface area (TPSA) is 47.0 Å². The van der Waals surface area contributed by atoms with Gasteiger partial charge >= 0.3 is 0 Å². The van der Waals surface area contributed by atoms with Gasteiger partial charge in [0.2, 0.25) is 0 Å². The predicted molar refractivity (Wildman–Crippen MR) is 84.5 cm³/mol. The van der Waals surface area contributed by atoms with Crippen LogP contribution in [0.15, 0.2) is 6.07 Å². The summed E-state index contributed by atoms with van der Waals surface area (Å²) in [6.07, 6.45) is 6.85. The van der Waals surface area contributed by atoms with Crippen LogP contribution < -0.4 is 5.32 Å². The van der Waals surface area contributed by atoms with Gasteiger partial charge in [-0.05, 0) is 43.9 Å². The van der Waals surface area contributed by atoms with Crippen molar-refractivity contribution in [2.75, 3.05) is 19.5 Å². The van der Waals surface area contributed by atoms with E-state index in [-0.39, 0.29) is 5.60 Å². The minimum Gasteiger partial charge on any atom is -0.373 e. The van der Waals surface area contributed by atoms with E-state index in [1.165, 1.54) is 18.5 Å². The molecule has 4 heteroatoms. The zero-order valence-electron chi connectivity index (χ0n) is 13.7. The Kier molecular flexibility index (Phi) is 3.68. The van der Waals surface area contributed by atoms with E-state index >= 15 is 0 Å². The van der Waals surface area contributed by atoms with Gasteiger partial charge in [-0.25, -0.2) is 9.97 Å². The van der Waals surface area contributed by atoms with Gasteiger partial charge in [-0.2, -0.15) is 0 Å².